The van der Waals surface area contributed by atoms with Crippen molar-refractivity contribution in [2.24, 2.45) is 0 Å². The molecule has 3 N–H and O–H groups in total. The van der Waals surface area contributed by atoms with Gasteiger partial charge in [-0.3, -0.25) is 0 Å². The van der Waals surface area contributed by atoms with Gasteiger partial charge in [-0.1, -0.05) is 19.1 Å². The quantitative estimate of drug-likeness (QED) is 0.425. The van der Waals surface area contributed by atoms with Gasteiger partial charge >= 0.3 is 5.97 Å². The summed E-state index contributed by atoms with van der Waals surface area (Å²) in [5, 5.41) is 29.8. The van der Waals surface area contributed by atoms with Crippen LogP contribution in [0, 0.1) is 5.82 Å². The number of imidazole rings is 1. The molecule has 1 aliphatic heterocycles. The van der Waals surface area contributed by atoms with E-state index in [0.29, 0.717) is 11.3 Å². The number of carbonyl (C=O) groups is 1. The van der Waals surface area contributed by atoms with Crippen LogP contribution in [0.2, 0.25) is 0 Å². The number of carboxylic acid groups (broad SMARTS) is 1. The monoisotopic (exact) mass is 502 g/mol. The Labute approximate surface area is 200 Å². The summed E-state index contributed by atoms with van der Waals surface area (Å²) >= 11 is 7.70. The number of aromatic nitrogens is 2. The maximum Gasteiger partial charge on any atom is 0.329 e. The molecule has 3 rings (SSSR count). The highest BCUT2D eigenvalue weighted by atomic mass is 35.5. The predicted octanol–water partition coefficient (Wildman–Crippen LogP) is 2.92. The maximum absolute atomic E-state index is 13.7. The lowest BCUT2D eigenvalue weighted by Gasteiger charge is -2.45. The Morgan fingerprint density at radius 2 is 2.21 bits per heavy atom. The van der Waals surface area contributed by atoms with Crippen molar-refractivity contribution in [1.82, 2.24) is 9.55 Å². The smallest absolute Gasteiger partial charge is 0.329 e. The third-order valence-electron chi connectivity index (χ3n) is 5.51. The molecule has 182 valence electrons. The first-order chi connectivity index (χ1) is 15.7. The number of carboxylic acids is 1. The van der Waals surface area contributed by atoms with Gasteiger partial charge < -0.3 is 29.4 Å². The number of hydrogen-bond acceptors (Lipinski definition) is 7. The Kier molecular flexibility index (Phi) is 9.14. The fraction of sp³-hybridized carbons (Fsp3) is 0.545. The number of aliphatic hydroxyl groups excluding tert-OH is 2. The highest BCUT2D eigenvalue weighted by Crippen LogP contribution is 2.40. The van der Waals surface area contributed by atoms with Crippen LogP contribution in [-0.4, -0.2) is 78.4 Å². The number of alkyl halides is 1. The molecule has 8 nitrogen and oxygen atoms in total. The largest absolute Gasteiger partial charge is 0.480 e. The van der Waals surface area contributed by atoms with E-state index in [4.69, 9.17) is 21.1 Å². The topological polar surface area (TPSA) is 114 Å². The number of aliphatic carboxylic acids is 1. The first-order valence-electron chi connectivity index (χ1n) is 10.6. The van der Waals surface area contributed by atoms with Crippen LogP contribution in [0.1, 0.15) is 26.3 Å². The Morgan fingerprint density at radius 3 is 2.82 bits per heavy atom. The third kappa shape index (κ3) is 6.26. The lowest BCUT2D eigenvalue weighted by atomic mass is 9.96. The number of benzene rings is 1. The average molecular weight is 503 g/mol. The molecule has 1 aromatic carbocycles. The van der Waals surface area contributed by atoms with Gasteiger partial charge in [-0.15, -0.1) is 23.4 Å². The van der Waals surface area contributed by atoms with Gasteiger partial charge in [-0.25, -0.2) is 14.2 Å². The van der Waals surface area contributed by atoms with Crippen LogP contribution < -0.4 is 0 Å². The number of rotatable bonds is 10. The van der Waals surface area contributed by atoms with Crippen LogP contribution in [-0.2, 0) is 14.3 Å². The summed E-state index contributed by atoms with van der Waals surface area (Å²) in [6.07, 6.45) is 0.792. The van der Waals surface area contributed by atoms with Crippen molar-refractivity contribution in [3.8, 4) is 11.3 Å². The molecule has 1 aromatic heterocycles. The maximum atomic E-state index is 13.7. The standard InChI is InChI=1S/C22H28ClFN2O6S/c1-3-17(12(2)23)33-22-21(31-10-18(28)29)19(20(30)16(9-27)32-22)26-8-15(25-11-26)13-5-4-6-14(24)7-13/h4-8,11-12,16-17,19-22,27,30H,3,9-10H2,1-2H3,(H,28,29)/t12-,16+,17?,19-,20-,21+,22+/m0/s1. The van der Waals surface area contributed by atoms with Crippen LogP contribution in [0.3, 0.4) is 0 Å². The Morgan fingerprint density at radius 1 is 1.45 bits per heavy atom. The summed E-state index contributed by atoms with van der Waals surface area (Å²) in [7, 11) is 0. The van der Waals surface area contributed by atoms with E-state index in [0.717, 1.165) is 6.42 Å². The minimum atomic E-state index is -1.21. The average Bonchev–Trinajstić information content (AvgIpc) is 3.26. The van der Waals surface area contributed by atoms with Gasteiger partial charge in [0.1, 0.15) is 36.2 Å². The second-order valence-corrected chi connectivity index (χ2v) is 9.88. The normalized spacial score (nSPS) is 27.3. The lowest BCUT2D eigenvalue weighted by molar-refractivity contribution is -0.194. The van der Waals surface area contributed by atoms with Gasteiger partial charge in [0.05, 0.1) is 24.7 Å². The molecule has 1 saturated heterocycles. The molecule has 11 heteroatoms. The molecule has 0 bridgehead atoms. The summed E-state index contributed by atoms with van der Waals surface area (Å²) < 4.78 is 26.9. The molecule has 0 spiro atoms. The fourth-order valence-electron chi connectivity index (χ4n) is 3.85. The van der Waals surface area contributed by atoms with E-state index in [1.54, 1.807) is 22.9 Å². The van der Waals surface area contributed by atoms with Gasteiger partial charge in [0, 0.05) is 22.4 Å². The van der Waals surface area contributed by atoms with Gasteiger partial charge in [0.25, 0.3) is 0 Å². The van der Waals surface area contributed by atoms with Gasteiger partial charge in [-0.05, 0) is 25.5 Å². The molecule has 33 heavy (non-hydrogen) atoms. The summed E-state index contributed by atoms with van der Waals surface area (Å²) in [5.41, 5.74) is 0.307. The Balaban J connectivity index is 1.98. The van der Waals surface area contributed by atoms with E-state index in [1.807, 2.05) is 13.8 Å². The Hall–Kier alpha value is -1.69. The summed E-state index contributed by atoms with van der Waals surface area (Å²) in [5.74, 6) is -1.58. The number of aliphatic hydroxyl groups is 2. The predicted molar refractivity (Wildman–Crippen MR) is 123 cm³/mol. The van der Waals surface area contributed by atoms with Crippen molar-refractivity contribution in [3.05, 3.63) is 42.6 Å². The fourth-order valence-corrected chi connectivity index (χ4v) is 5.57. The van der Waals surface area contributed by atoms with Crippen molar-refractivity contribution in [1.29, 1.82) is 0 Å². The molecule has 1 fully saturated rings. The van der Waals surface area contributed by atoms with Crippen LogP contribution in [0.25, 0.3) is 11.3 Å². The molecule has 2 aromatic rings. The molecule has 1 aliphatic rings. The molecule has 0 amide bonds. The summed E-state index contributed by atoms with van der Waals surface area (Å²) in [4.78, 5) is 15.6. The molecular formula is C22H28ClFN2O6S. The number of halogens is 2. The van der Waals surface area contributed by atoms with Crippen LogP contribution in [0.4, 0.5) is 4.39 Å². The van der Waals surface area contributed by atoms with Gasteiger partial charge in [-0.2, -0.15) is 0 Å². The molecule has 1 unspecified atom stereocenters. The zero-order valence-corrected chi connectivity index (χ0v) is 19.8. The highest BCUT2D eigenvalue weighted by Gasteiger charge is 2.48. The second kappa shape index (κ2) is 11.6. The lowest BCUT2D eigenvalue weighted by Crippen LogP contribution is -2.56. The second-order valence-electron chi connectivity index (χ2n) is 7.85. The SMILES string of the molecule is CCC(S[C@H]1O[C@H](CO)[C@H](O)[C@H](n2cnc(-c3cccc(F)c3)c2)[C@H]1OCC(=O)O)[C@H](C)Cl. The van der Waals surface area contributed by atoms with E-state index in [2.05, 4.69) is 4.98 Å². The summed E-state index contributed by atoms with van der Waals surface area (Å²) in [6, 6.07) is 5.13. The molecule has 0 radical (unpaired) electrons. The molecule has 7 atom stereocenters. The number of nitrogens with zero attached hydrogens (tertiary/aromatic N) is 2. The Bertz CT molecular complexity index is 932. The van der Waals surface area contributed by atoms with Gasteiger partial charge in [0.2, 0.25) is 0 Å². The van der Waals surface area contributed by atoms with Crippen molar-refractivity contribution < 1.29 is 34.0 Å². The van der Waals surface area contributed by atoms with Crippen molar-refractivity contribution in [3.63, 3.8) is 0 Å². The minimum absolute atomic E-state index is 0.0338. The molecule has 0 aliphatic carbocycles. The van der Waals surface area contributed by atoms with Crippen molar-refractivity contribution in [2.75, 3.05) is 13.2 Å². The number of hydrogen-bond donors (Lipinski definition) is 3. The van der Waals surface area contributed by atoms with Crippen molar-refractivity contribution in [2.45, 2.75) is 60.7 Å². The zero-order valence-electron chi connectivity index (χ0n) is 18.3. The van der Waals surface area contributed by atoms with Crippen LogP contribution in [0.5, 0.6) is 0 Å². The molecular weight excluding hydrogens is 475 g/mol. The zero-order chi connectivity index (χ0) is 24.1. The number of thioether (sulfide) groups is 1. The van der Waals surface area contributed by atoms with Crippen molar-refractivity contribution >= 4 is 29.3 Å². The van der Waals surface area contributed by atoms with E-state index >= 15 is 0 Å². The minimum Gasteiger partial charge on any atom is -0.480 e. The summed E-state index contributed by atoms with van der Waals surface area (Å²) in [6.45, 7) is 2.79. The van der Waals surface area contributed by atoms with E-state index in [1.165, 1.54) is 30.2 Å². The van der Waals surface area contributed by atoms with Crippen LogP contribution in [0.15, 0.2) is 36.8 Å². The third-order valence-corrected chi connectivity index (χ3v) is 7.71. The van der Waals surface area contributed by atoms with E-state index < -0.39 is 54.8 Å². The van der Waals surface area contributed by atoms with Crippen LogP contribution >= 0.6 is 23.4 Å². The first kappa shape index (κ1) is 25.9. The first-order valence-corrected chi connectivity index (χ1v) is 12.0. The van der Waals surface area contributed by atoms with E-state index in [-0.39, 0.29) is 10.6 Å². The van der Waals surface area contributed by atoms with E-state index in [9.17, 15) is 24.5 Å². The highest BCUT2D eigenvalue weighted by molar-refractivity contribution is 8.00. The van der Waals surface area contributed by atoms with Gasteiger partial charge in [0.15, 0.2) is 0 Å². The number of ether oxygens (including phenoxy) is 2. The molecule has 0 saturated carbocycles. The molecule has 2 heterocycles.